The molecule has 1 aliphatic carbocycles. The molecule has 14 heteroatoms. The normalized spacial score (nSPS) is 24.2. The summed E-state index contributed by atoms with van der Waals surface area (Å²) in [5.41, 5.74) is -2.32. The molecule has 1 aliphatic heterocycles. The Kier molecular flexibility index (Phi) is 8.74. The number of nitrogens with zero attached hydrogens (tertiary/aromatic N) is 5. The molecular formula is C29H38BrN7O6. The molecule has 3 amide bonds. The van der Waals surface area contributed by atoms with Crippen LogP contribution in [0.2, 0.25) is 0 Å². The van der Waals surface area contributed by atoms with Crippen LogP contribution in [0.1, 0.15) is 60.4 Å². The summed E-state index contributed by atoms with van der Waals surface area (Å²) in [5.74, 6) is -2.39. The zero-order valence-corrected chi connectivity index (χ0v) is 26.7. The number of nitrogens with one attached hydrogen (secondary N) is 2. The highest BCUT2D eigenvalue weighted by molar-refractivity contribution is 9.10. The number of ether oxygens (including phenoxy) is 1. The molecule has 0 radical (unpaired) electrons. The zero-order valence-electron chi connectivity index (χ0n) is 25.1. The van der Waals surface area contributed by atoms with Gasteiger partial charge in [0.1, 0.15) is 23.2 Å². The number of benzene rings is 1. The molecule has 0 spiro atoms. The number of carboxylic acid groups (broad SMARTS) is 1. The Hall–Kier alpha value is -3.81. The van der Waals surface area contributed by atoms with Gasteiger partial charge in [0.2, 0.25) is 17.6 Å². The molecule has 4 rings (SSSR count). The minimum absolute atomic E-state index is 0.0265. The summed E-state index contributed by atoms with van der Waals surface area (Å²) in [6, 6.07) is 4.71. The largest absolute Gasteiger partial charge is 0.479 e. The predicted octanol–water partition coefficient (Wildman–Crippen LogP) is 3.33. The van der Waals surface area contributed by atoms with E-state index >= 15 is 0 Å². The lowest BCUT2D eigenvalue weighted by atomic mass is 9.85. The summed E-state index contributed by atoms with van der Waals surface area (Å²) >= 11 is 3.43. The van der Waals surface area contributed by atoms with E-state index in [-0.39, 0.29) is 19.4 Å². The van der Waals surface area contributed by atoms with Gasteiger partial charge in [-0.1, -0.05) is 54.9 Å². The summed E-state index contributed by atoms with van der Waals surface area (Å²) in [6.45, 7) is 14.2. The quantitative estimate of drug-likeness (QED) is 0.360. The number of halogens is 1. The van der Waals surface area contributed by atoms with Crippen molar-refractivity contribution in [1.82, 2.24) is 35.7 Å². The topological polar surface area (TPSA) is 169 Å². The van der Waals surface area contributed by atoms with Crippen LogP contribution in [0.4, 0.5) is 4.79 Å². The van der Waals surface area contributed by atoms with E-state index in [0.29, 0.717) is 5.82 Å². The van der Waals surface area contributed by atoms with Crippen molar-refractivity contribution in [3.63, 3.8) is 0 Å². The Labute approximate surface area is 258 Å². The first-order valence-corrected chi connectivity index (χ1v) is 14.8. The smallest absolute Gasteiger partial charge is 0.408 e. The summed E-state index contributed by atoms with van der Waals surface area (Å²) in [4.78, 5) is 55.4. The number of aromatic nitrogens is 4. The van der Waals surface area contributed by atoms with Crippen molar-refractivity contribution in [1.29, 1.82) is 0 Å². The fourth-order valence-electron chi connectivity index (χ4n) is 5.15. The fourth-order valence-corrected chi connectivity index (χ4v) is 5.55. The highest BCUT2D eigenvalue weighted by Crippen LogP contribution is 2.45. The number of aliphatic carboxylic acids is 1. The maximum Gasteiger partial charge on any atom is 0.408 e. The number of rotatable bonds is 8. The van der Waals surface area contributed by atoms with E-state index < -0.39 is 64.5 Å². The molecule has 1 saturated carbocycles. The number of carbonyl (C=O) groups excluding carboxylic acids is 3. The van der Waals surface area contributed by atoms with Crippen molar-refractivity contribution in [3.8, 4) is 11.4 Å². The van der Waals surface area contributed by atoms with Gasteiger partial charge in [-0.05, 0) is 50.0 Å². The van der Waals surface area contributed by atoms with Gasteiger partial charge in [-0.15, -0.1) is 16.8 Å². The second-order valence-electron chi connectivity index (χ2n) is 13.1. The van der Waals surface area contributed by atoms with Crippen LogP contribution >= 0.6 is 15.9 Å². The van der Waals surface area contributed by atoms with Gasteiger partial charge in [0, 0.05) is 28.9 Å². The molecule has 13 nitrogen and oxygen atoms in total. The van der Waals surface area contributed by atoms with Crippen LogP contribution in [0.25, 0.3) is 11.4 Å². The zero-order chi connectivity index (χ0) is 31.9. The summed E-state index contributed by atoms with van der Waals surface area (Å²) in [6.07, 6.45) is 1.03. The molecule has 1 aromatic heterocycles. The van der Waals surface area contributed by atoms with E-state index in [1.165, 1.54) is 15.8 Å². The number of tetrazole rings is 1. The van der Waals surface area contributed by atoms with Gasteiger partial charge in [0.15, 0.2) is 0 Å². The van der Waals surface area contributed by atoms with Crippen LogP contribution in [0.15, 0.2) is 41.4 Å². The average Bonchev–Trinajstić information content (AvgIpc) is 3.22. The predicted molar refractivity (Wildman–Crippen MR) is 160 cm³/mol. The van der Waals surface area contributed by atoms with Gasteiger partial charge in [-0.25, -0.2) is 9.59 Å². The molecule has 1 saturated heterocycles. The monoisotopic (exact) mass is 659 g/mol. The lowest BCUT2D eigenvalue weighted by molar-refractivity contribution is -0.146. The van der Waals surface area contributed by atoms with Gasteiger partial charge in [0.25, 0.3) is 0 Å². The van der Waals surface area contributed by atoms with Crippen molar-refractivity contribution in [2.24, 2.45) is 11.3 Å². The van der Waals surface area contributed by atoms with Gasteiger partial charge in [-0.2, -0.15) is 4.80 Å². The van der Waals surface area contributed by atoms with Crippen molar-refractivity contribution in [3.05, 3.63) is 41.4 Å². The van der Waals surface area contributed by atoms with Crippen molar-refractivity contribution < 1.29 is 29.0 Å². The number of amides is 3. The third kappa shape index (κ3) is 7.06. The molecule has 43 heavy (non-hydrogen) atoms. The molecule has 5 atom stereocenters. The lowest BCUT2D eigenvalue weighted by Crippen LogP contribution is -2.59. The molecule has 2 aromatic rings. The standard InChI is InChI=1S/C29H38BrN7O6/c1-8-17-14-29(17,25(40)41)32-23(38)20-13-19(37-34-22(33-35-37)16-10-9-11-18(30)12-16)15-36(20)24(39)21(27(2,3)4)31-26(42)43-28(5,6)7/h8-12,17,19-21H,1,13-15H2,2-7H3,(H,31,42)(H,32,38)(H,40,41). The third-order valence-corrected chi connectivity index (χ3v) is 8.00. The van der Waals surface area contributed by atoms with E-state index in [4.69, 9.17) is 4.74 Å². The van der Waals surface area contributed by atoms with Gasteiger partial charge in [0.05, 0.1) is 6.04 Å². The SMILES string of the molecule is C=CC1CC1(NC(=O)C1CC(n2nnc(-c3cccc(Br)c3)n2)CN1C(=O)C(NC(=O)OC(C)(C)C)C(C)(C)C)C(=O)O. The Bertz CT molecular complexity index is 1430. The second kappa shape index (κ2) is 11.7. The summed E-state index contributed by atoms with van der Waals surface area (Å²) in [5, 5.41) is 28.1. The number of carbonyl (C=O) groups is 4. The number of hydrogen-bond acceptors (Lipinski definition) is 8. The van der Waals surface area contributed by atoms with Gasteiger partial charge < -0.3 is 25.4 Å². The molecule has 1 aromatic carbocycles. The third-order valence-electron chi connectivity index (χ3n) is 7.50. The minimum atomic E-state index is -1.48. The fraction of sp³-hybridized carbons (Fsp3) is 0.552. The first-order chi connectivity index (χ1) is 19.9. The van der Waals surface area contributed by atoms with E-state index in [2.05, 4.69) is 48.6 Å². The Morgan fingerprint density at radius 3 is 2.47 bits per heavy atom. The molecule has 2 fully saturated rings. The van der Waals surface area contributed by atoms with Crippen LogP contribution in [0.5, 0.6) is 0 Å². The van der Waals surface area contributed by atoms with Crippen LogP contribution in [0, 0.1) is 11.3 Å². The first kappa shape index (κ1) is 32.1. The van der Waals surface area contributed by atoms with Gasteiger partial charge in [-0.3, -0.25) is 9.59 Å². The second-order valence-corrected chi connectivity index (χ2v) is 14.0. The average molecular weight is 661 g/mol. The first-order valence-electron chi connectivity index (χ1n) is 14.0. The molecule has 2 heterocycles. The van der Waals surface area contributed by atoms with Crippen molar-refractivity contribution >= 4 is 39.8 Å². The Morgan fingerprint density at radius 2 is 1.91 bits per heavy atom. The maximum absolute atomic E-state index is 14.2. The summed E-state index contributed by atoms with van der Waals surface area (Å²) in [7, 11) is 0. The minimum Gasteiger partial charge on any atom is -0.479 e. The van der Waals surface area contributed by atoms with Crippen LogP contribution in [-0.2, 0) is 19.1 Å². The lowest BCUT2D eigenvalue weighted by Gasteiger charge is -2.36. The number of hydrogen-bond donors (Lipinski definition) is 3. The van der Waals surface area contributed by atoms with Crippen molar-refractivity contribution in [2.45, 2.75) is 83.6 Å². The summed E-state index contributed by atoms with van der Waals surface area (Å²) < 4.78 is 6.25. The van der Waals surface area contributed by atoms with E-state index in [9.17, 15) is 24.3 Å². The van der Waals surface area contributed by atoms with E-state index in [1.54, 1.807) is 41.5 Å². The van der Waals surface area contributed by atoms with Crippen LogP contribution < -0.4 is 10.6 Å². The highest BCUT2D eigenvalue weighted by atomic mass is 79.9. The molecular weight excluding hydrogens is 622 g/mol. The number of alkyl carbamates (subject to hydrolysis) is 1. The van der Waals surface area contributed by atoms with Crippen molar-refractivity contribution in [2.75, 3.05) is 6.54 Å². The van der Waals surface area contributed by atoms with Crippen LogP contribution in [0.3, 0.4) is 0 Å². The van der Waals surface area contributed by atoms with E-state index in [1.807, 2.05) is 24.3 Å². The molecule has 3 N–H and O–H groups in total. The maximum atomic E-state index is 14.2. The van der Waals surface area contributed by atoms with Crippen LogP contribution in [-0.4, -0.2) is 83.9 Å². The van der Waals surface area contributed by atoms with E-state index in [0.717, 1.165) is 10.0 Å². The molecule has 0 bridgehead atoms. The Morgan fingerprint density at radius 1 is 1.21 bits per heavy atom. The number of carboxylic acids is 1. The number of likely N-dealkylation sites (tertiary alicyclic amines) is 1. The molecule has 5 unspecified atom stereocenters. The molecule has 232 valence electrons. The van der Waals surface area contributed by atoms with Gasteiger partial charge >= 0.3 is 12.1 Å². The molecule has 2 aliphatic rings. The Balaban J connectivity index is 1.65. The highest BCUT2D eigenvalue weighted by Gasteiger charge is 2.61.